The second kappa shape index (κ2) is 6.71. The van der Waals surface area contributed by atoms with Crippen molar-refractivity contribution in [2.24, 2.45) is 0 Å². The highest BCUT2D eigenvalue weighted by molar-refractivity contribution is 5.93. The molecule has 21 heavy (non-hydrogen) atoms. The van der Waals surface area contributed by atoms with Gasteiger partial charge in [-0.1, -0.05) is 6.42 Å². The number of carbonyl (C=O) groups excluding carboxylic acids is 2. The van der Waals surface area contributed by atoms with E-state index < -0.39 is 0 Å². The molecular weight excluding hydrogens is 272 g/mol. The number of aryl methyl sites for hydroxylation is 2. The highest BCUT2D eigenvalue weighted by Crippen LogP contribution is 2.19. The molecule has 2 rings (SSSR count). The molecule has 1 saturated heterocycles. The van der Waals surface area contributed by atoms with Crippen molar-refractivity contribution in [1.82, 2.24) is 15.1 Å². The van der Waals surface area contributed by atoms with Crippen molar-refractivity contribution in [2.75, 3.05) is 25.5 Å². The first-order chi connectivity index (χ1) is 10.0. The van der Waals surface area contributed by atoms with Gasteiger partial charge in [0, 0.05) is 0 Å². The number of rotatable bonds is 4. The van der Waals surface area contributed by atoms with Gasteiger partial charge in [-0.3, -0.25) is 19.6 Å². The van der Waals surface area contributed by atoms with E-state index in [-0.39, 0.29) is 24.5 Å². The summed E-state index contributed by atoms with van der Waals surface area (Å²) in [6.45, 7) is 4.60. The predicted molar refractivity (Wildman–Crippen MR) is 77.9 cm³/mol. The van der Waals surface area contributed by atoms with Crippen LogP contribution in [0.1, 0.15) is 30.7 Å². The lowest BCUT2D eigenvalue weighted by atomic mass is 10.0. The zero-order chi connectivity index (χ0) is 15.4. The van der Waals surface area contributed by atoms with E-state index in [0.717, 1.165) is 37.2 Å². The zero-order valence-corrected chi connectivity index (χ0v) is 12.7. The number of nitrogens with one attached hydrogen (secondary N) is 2. The molecule has 1 aliphatic rings. The molecule has 1 atom stereocenters. The van der Waals surface area contributed by atoms with Crippen LogP contribution in [0.5, 0.6) is 0 Å². The highest BCUT2D eigenvalue weighted by Gasteiger charge is 2.30. The number of piperidine rings is 1. The Kier molecular flexibility index (Phi) is 4.95. The van der Waals surface area contributed by atoms with Crippen molar-refractivity contribution in [3.8, 4) is 0 Å². The second-order valence-electron chi connectivity index (χ2n) is 5.36. The quantitative estimate of drug-likeness (QED) is 0.809. The minimum absolute atomic E-state index is 0.140. The third-order valence-corrected chi connectivity index (χ3v) is 3.83. The van der Waals surface area contributed by atoms with E-state index in [2.05, 4.69) is 15.5 Å². The molecule has 1 fully saturated rings. The first-order valence-corrected chi connectivity index (χ1v) is 7.16. The summed E-state index contributed by atoms with van der Waals surface area (Å²) in [5, 5.41) is 9.73. The van der Waals surface area contributed by atoms with E-state index in [4.69, 9.17) is 4.74 Å². The summed E-state index contributed by atoms with van der Waals surface area (Å²) in [5.41, 5.74) is 2.29. The fraction of sp³-hybridized carbons (Fsp3) is 0.643. The summed E-state index contributed by atoms with van der Waals surface area (Å²) in [5.74, 6) is -0.406. The number of hydrogen-bond donors (Lipinski definition) is 2. The molecule has 1 aliphatic heterocycles. The number of hydrogen-bond acceptors (Lipinski definition) is 5. The Bertz CT molecular complexity index is 507. The zero-order valence-electron chi connectivity index (χ0n) is 12.7. The molecular formula is C14H22N4O3. The fourth-order valence-corrected chi connectivity index (χ4v) is 2.68. The van der Waals surface area contributed by atoms with E-state index in [0.29, 0.717) is 5.69 Å². The molecule has 2 N–H and O–H groups in total. The van der Waals surface area contributed by atoms with Gasteiger partial charge >= 0.3 is 5.97 Å². The Balaban J connectivity index is 1.99. The summed E-state index contributed by atoms with van der Waals surface area (Å²) in [6.07, 6.45) is 2.71. The van der Waals surface area contributed by atoms with Crippen LogP contribution in [0, 0.1) is 13.8 Å². The molecule has 0 aliphatic carbocycles. The molecule has 0 saturated carbocycles. The van der Waals surface area contributed by atoms with Crippen molar-refractivity contribution in [3.63, 3.8) is 0 Å². The minimum atomic E-state index is -0.318. The topological polar surface area (TPSA) is 87.3 Å². The number of anilines is 1. The van der Waals surface area contributed by atoms with Gasteiger partial charge in [0.05, 0.1) is 30.7 Å². The second-order valence-corrected chi connectivity index (χ2v) is 5.36. The summed E-state index contributed by atoms with van der Waals surface area (Å²) >= 11 is 0. The average Bonchev–Trinajstić information content (AvgIpc) is 2.79. The number of carbonyl (C=O) groups is 2. The number of methoxy groups -OCH3 is 1. The van der Waals surface area contributed by atoms with Gasteiger partial charge in [-0.25, -0.2) is 0 Å². The fourth-order valence-electron chi connectivity index (χ4n) is 2.68. The van der Waals surface area contributed by atoms with Crippen LogP contribution in [-0.2, 0) is 14.3 Å². The molecule has 7 nitrogen and oxygen atoms in total. The van der Waals surface area contributed by atoms with E-state index in [9.17, 15) is 9.59 Å². The lowest BCUT2D eigenvalue weighted by molar-refractivity contribution is -0.148. The smallest absolute Gasteiger partial charge is 0.323 e. The lowest BCUT2D eigenvalue weighted by Gasteiger charge is -2.32. The molecule has 0 unspecified atom stereocenters. The SMILES string of the molecule is COC(=O)[C@H]1CCCCN1CC(=O)Nc1c(C)n[nH]c1C. The highest BCUT2D eigenvalue weighted by atomic mass is 16.5. The van der Waals surface area contributed by atoms with Gasteiger partial charge in [0.15, 0.2) is 0 Å². The van der Waals surface area contributed by atoms with Crippen LogP contribution in [0.4, 0.5) is 5.69 Å². The normalized spacial score (nSPS) is 19.3. The Morgan fingerprint density at radius 1 is 1.43 bits per heavy atom. The van der Waals surface area contributed by atoms with E-state index in [1.165, 1.54) is 7.11 Å². The molecule has 1 aromatic heterocycles. The van der Waals surface area contributed by atoms with Crippen LogP contribution in [0.2, 0.25) is 0 Å². The maximum absolute atomic E-state index is 12.2. The Morgan fingerprint density at radius 3 is 2.81 bits per heavy atom. The van der Waals surface area contributed by atoms with Gasteiger partial charge < -0.3 is 10.1 Å². The summed E-state index contributed by atoms with van der Waals surface area (Å²) < 4.78 is 4.82. The van der Waals surface area contributed by atoms with Crippen molar-refractivity contribution < 1.29 is 14.3 Å². The van der Waals surface area contributed by atoms with Gasteiger partial charge in [0.25, 0.3) is 0 Å². The van der Waals surface area contributed by atoms with Crippen molar-refractivity contribution in [1.29, 1.82) is 0 Å². The number of aromatic nitrogens is 2. The molecule has 1 aromatic rings. The van der Waals surface area contributed by atoms with Gasteiger partial charge in [0.2, 0.25) is 5.91 Å². The monoisotopic (exact) mass is 294 g/mol. The summed E-state index contributed by atoms with van der Waals surface area (Å²) in [4.78, 5) is 25.9. The molecule has 0 bridgehead atoms. The Morgan fingerprint density at radius 2 is 2.19 bits per heavy atom. The molecule has 0 aromatic carbocycles. The molecule has 0 spiro atoms. The van der Waals surface area contributed by atoms with Gasteiger partial charge in [-0.2, -0.15) is 5.10 Å². The van der Waals surface area contributed by atoms with Gasteiger partial charge in [-0.05, 0) is 33.2 Å². The third kappa shape index (κ3) is 3.60. The van der Waals surface area contributed by atoms with Crippen LogP contribution in [-0.4, -0.2) is 53.2 Å². The Labute approximate surface area is 124 Å². The maximum Gasteiger partial charge on any atom is 0.323 e. The first-order valence-electron chi connectivity index (χ1n) is 7.16. The largest absolute Gasteiger partial charge is 0.468 e. The van der Waals surface area contributed by atoms with Crippen molar-refractivity contribution in [2.45, 2.75) is 39.2 Å². The number of aromatic amines is 1. The third-order valence-electron chi connectivity index (χ3n) is 3.83. The minimum Gasteiger partial charge on any atom is -0.468 e. The van der Waals surface area contributed by atoms with Crippen molar-refractivity contribution in [3.05, 3.63) is 11.4 Å². The standard InChI is InChI=1S/C14H22N4O3/c1-9-13(10(2)17-16-9)15-12(19)8-18-7-5-4-6-11(18)14(20)21-3/h11H,4-8H2,1-3H3,(H,15,19)(H,16,17)/t11-/m1/s1. The predicted octanol–water partition coefficient (Wildman–Crippen LogP) is 0.993. The van der Waals surface area contributed by atoms with Crippen LogP contribution < -0.4 is 5.32 Å². The molecule has 116 valence electrons. The number of esters is 1. The average molecular weight is 294 g/mol. The molecule has 2 heterocycles. The molecule has 7 heteroatoms. The summed E-state index contributed by atoms with van der Waals surface area (Å²) in [7, 11) is 1.38. The van der Waals surface area contributed by atoms with E-state index in [1.54, 1.807) is 0 Å². The Hall–Kier alpha value is -1.89. The van der Waals surface area contributed by atoms with Crippen molar-refractivity contribution >= 4 is 17.6 Å². The number of amides is 1. The van der Waals surface area contributed by atoms with Crippen LogP contribution in [0.3, 0.4) is 0 Å². The number of likely N-dealkylation sites (tertiary alicyclic amines) is 1. The van der Waals surface area contributed by atoms with Crippen LogP contribution in [0.15, 0.2) is 0 Å². The van der Waals surface area contributed by atoms with Crippen LogP contribution in [0.25, 0.3) is 0 Å². The number of ether oxygens (including phenoxy) is 1. The maximum atomic E-state index is 12.2. The van der Waals surface area contributed by atoms with Crippen LogP contribution >= 0.6 is 0 Å². The summed E-state index contributed by atoms with van der Waals surface area (Å²) in [6, 6.07) is -0.318. The lowest BCUT2D eigenvalue weighted by Crippen LogP contribution is -2.48. The first kappa shape index (κ1) is 15.5. The number of H-pyrrole nitrogens is 1. The van der Waals surface area contributed by atoms with Gasteiger partial charge in [-0.15, -0.1) is 0 Å². The van der Waals surface area contributed by atoms with Gasteiger partial charge in [0.1, 0.15) is 6.04 Å². The van der Waals surface area contributed by atoms with E-state index >= 15 is 0 Å². The molecule has 1 amide bonds. The number of nitrogens with zero attached hydrogens (tertiary/aromatic N) is 2. The molecule has 0 radical (unpaired) electrons. The van der Waals surface area contributed by atoms with E-state index in [1.807, 2.05) is 18.7 Å².